The van der Waals surface area contributed by atoms with Crippen molar-refractivity contribution in [3.8, 4) is 0 Å². The predicted molar refractivity (Wildman–Crippen MR) is 69.1 cm³/mol. The van der Waals surface area contributed by atoms with Crippen molar-refractivity contribution in [2.75, 3.05) is 13.1 Å². The summed E-state index contributed by atoms with van der Waals surface area (Å²) in [4.78, 5) is 12.8. The van der Waals surface area contributed by atoms with Crippen molar-refractivity contribution in [2.45, 2.75) is 33.2 Å². The Morgan fingerprint density at radius 2 is 1.94 bits per heavy atom. The van der Waals surface area contributed by atoms with Crippen LogP contribution in [0.15, 0.2) is 24.3 Å². The van der Waals surface area contributed by atoms with Crippen LogP contribution in [0.5, 0.6) is 0 Å². The molecule has 0 aliphatic carbocycles. The number of carboxylic acids is 1. The second-order valence-electron chi connectivity index (χ2n) is 4.45. The highest BCUT2D eigenvalue weighted by molar-refractivity contribution is 5.69. The van der Waals surface area contributed by atoms with Crippen LogP contribution in [0.25, 0.3) is 0 Å². The van der Waals surface area contributed by atoms with Crippen LogP contribution in [0.1, 0.15) is 37.4 Å². The lowest BCUT2D eigenvalue weighted by Crippen LogP contribution is -2.33. The van der Waals surface area contributed by atoms with Gasteiger partial charge in [-0.15, -0.1) is 0 Å². The highest BCUT2D eigenvalue weighted by atomic mass is 16.4. The maximum atomic E-state index is 10.8. The molecule has 0 amide bonds. The zero-order valence-electron chi connectivity index (χ0n) is 10.8. The van der Waals surface area contributed by atoms with Gasteiger partial charge in [-0.1, -0.05) is 36.8 Å². The summed E-state index contributed by atoms with van der Waals surface area (Å²) in [5, 5.41) is 8.91. The minimum atomic E-state index is -0.766. The first-order valence-electron chi connectivity index (χ1n) is 6.07. The van der Waals surface area contributed by atoms with Crippen LogP contribution in [0, 0.1) is 6.92 Å². The molecule has 0 saturated heterocycles. The van der Waals surface area contributed by atoms with Crippen LogP contribution in [0.4, 0.5) is 0 Å². The third-order valence-corrected chi connectivity index (χ3v) is 2.96. The fourth-order valence-electron chi connectivity index (χ4n) is 1.93. The summed E-state index contributed by atoms with van der Waals surface area (Å²) in [5.41, 5.74) is 2.39. The molecule has 1 N–H and O–H groups in total. The number of aryl methyl sites for hydroxylation is 1. The average Bonchev–Trinajstić information content (AvgIpc) is 2.28. The van der Waals surface area contributed by atoms with Crippen molar-refractivity contribution in [3.05, 3.63) is 35.4 Å². The number of hydrogen-bond donors (Lipinski definition) is 1. The van der Waals surface area contributed by atoms with Gasteiger partial charge in [0.15, 0.2) is 0 Å². The lowest BCUT2D eigenvalue weighted by atomic mass is 10.0. The van der Waals surface area contributed by atoms with Gasteiger partial charge in [0.2, 0.25) is 0 Å². The molecule has 0 fully saturated rings. The monoisotopic (exact) mass is 235 g/mol. The van der Waals surface area contributed by atoms with Gasteiger partial charge in [-0.2, -0.15) is 0 Å². The molecule has 94 valence electrons. The van der Waals surface area contributed by atoms with E-state index in [4.69, 9.17) is 5.11 Å². The molecule has 0 aliphatic heterocycles. The van der Waals surface area contributed by atoms with Gasteiger partial charge in [0, 0.05) is 6.04 Å². The molecule has 3 heteroatoms. The largest absolute Gasteiger partial charge is 0.480 e. The molecule has 1 unspecified atom stereocenters. The van der Waals surface area contributed by atoms with Crippen LogP contribution in [-0.4, -0.2) is 29.1 Å². The Morgan fingerprint density at radius 1 is 1.35 bits per heavy atom. The van der Waals surface area contributed by atoms with Gasteiger partial charge < -0.3 is 5.11 Å². The molecule has 0 heterocycles. The van der Waals surface area contributed by atoms with E-state index in [2.05, 4.69) is 45.0 Å². The molecule has 0 aromatic heterocycles. The van der Waals surface area contributed by atoms with E-state index >= 15 is 0 Å². The van der Waals surface area contributed by atoms with Crippen LogP contribution in [0.2, 0.25) is 0 Å². The summed E-state index contributed by atoms with van der Waals surface area (Å²) in [7, 11) is 0. The Labute approximate surface area is 103 Å². The second kappa shape index (κ2) is 6.40. The van der Waals surface area contributed by atoms with Gasteiger partial charge in [0.25, 0.3) is 0 Å². The zero-order chi connectivity index (χ0) is 12.8. The third-order valence-electron chi connectivity index (χ3n) is 2.96. The predicted octanol–water partition coefficient (Wildman–Crippen LogP) is 2.85. The van der Waals surface area contributed by atoms with E-state index < -0.39 is 5.97 Å². The van der Waals surface area contributed by atoms with Crippen LogP contribution in [0.3, 0.4) is 0 Å². The van der Waals surface area contributed by atoms with Crippen molar-refractivity contribution >= 4 is 5.97 Å². The van der Waals surface area contributed by atoms with Crippen molar-refractivity contribution < 1.29 is 9.90 Å². The molecule has 1 rings (SSSR count). The molecule has 0 spiro atoms. The van der Waals surface area contributed by atoms with E-state index in [1.54, 1.807) is 0 Å². The highest BCUT2D eigenvalue weighted by Crippen LogP contribution is 2.20. The van der Waals surface area contributed by atoms with Gasteiger partial charge in [0.1, 0.15) is 0 Å². The zero-order valence-corrected chi connectivity index (χ0v) is 10.8. The molecule has 0 bridgehead atoms. The first kappa shape index (κ1) is 13.7. The minimum Gasteiger partial charge on any atom is -0.480 e. The quantitative estimate of drug-likeness (QED) is 0.824. The summed E-state index contributed by atoms with van der Waals surface area (Å²) in [6, 6.07) is 8.43. The number of rotatable bonds is 6. The fraction of sp³-hybridized carbons (Fsp3) is 0.500. The van der Waals surface area contributed by atoms with E-state index in [9.17, 15) is 4.79 Å². The smallest absolute Gasteiger partial charge is 0.317 e. The Hall–Kier alpha value is -1.35. The Morgan fingerprint density at radius 3 is 2.41 bits per heavy atom. The first-order valence-corrected chi connectivity index (χ1v) is 6.07. The van der Waals surface area contributed by atoms with Crippen molar-refractivity contribution in [1.29, 1.82) is 0 Å². The Balaban J connectivity index is 2.79. The number of carboxylic acid groups (broad SMARTS) is 1. The number of aliphatic carboxylic acids is 1. The maximum absolute atomic E-state index is 10.8. The van der Waals surface area contributed by atoms with E-state index in [0.29, 0.717) is 0 Å². The lowest BCUT2D eigenvalue weighted by molar-refractivity contribution is -0.138. The van der Waals surface area contributed by atoms with Crippen LogP contribution < -0.4 is 0 Å². The standard InChI is InChI=1S/C14H21NO2/c1-4-9-15(10-14(16)17)12(3)13-7-5-11(2)6-8-13/h5-8,12H,4,9-10H2,1-3H3,(H,16,17). The number of carbonyl (C=O) groups is 1. The van der Waals surface area contributed by atoms with E-state index in [1.807, 2.05) is 4.90 Å². The Kier molecular flexibility index (Phi) is 5.16. The average molecular weight is 235 g/mol. The van der Waals surface area contributed by atoms with Crippen LogP contribution in [-0.2, 0) is 4.79 Å². The van der Waals surface area contributed by atoms with Gasteiger partial charge in [0.05, 0.1) is 6.54 Å². The molecule has 1 aromatic carbocycles. The summed E-state index contributed by atoms with van der Waals surface area (Å²) in [6.07, 6.45) is 0.962. The summed E-state index contributed by atoms with van der Waals surface area (Å²) < 4.78 is 0. The molecule has 0 saturated carbocycles. The first-order chi connectivity index (χ1) is 8.04. The third kappa shape index (κ3) is 4.19. The lowest BCUT2D eigenvalue weighted by Gasteiger charge is -2.27. The summed E-state index contributed by atoms with van der Waals surface area (Å²) in [6.45, 7) is 7.08. The summed E-state index contributed by atoms with van der Waals surface area (Å²) >= 11 is 0. The SMILES string of the molecule is CCCN(CC(=O)O)C(C)c1ccc(C)cc1. The minimum absolute atomic E-state index is 0.100. The van der Waals surface area contributed by atoms with Gasteiger partial charge in [-0.3, -0.25) is 9.69 Å². The van der Waals surface area contributed by atoms with E-state index in [-0.39, 0.29) is 12.6 Å². The van der Waals surface area contributed by atoms with E-state index in [1.165, 1.54) is 11.1 Å². The van der Waals surface area contributed by atoms with Gasteiger partial charge in [-0.25, -0.2) is 0 Å². The van der Waals surface area contributed by atoms with E-state index in [0.717, 1.165) is 13.0 Å². The van der Waals surface area contributed by atoms with Crippen molar-refractivity contribution in [3.63, 3.8) is 0 Å². The Bertz CT molecular complexity index is 359. The molecular weight excluding hydrogens is 214 g/mol. The molecule has 3 nitrogen and oxygen atoms in total. The fourth-order valence-corrected chi connectivity index (χ4v) is 1.93. The number of nitrogens with zero attached hydrogens (tertiary/aromatic N) is 1. The molecular formula is C14H21NO2. The molecule has 1 atom stereocenters. The topological polar surface area (TPSA) is 40.5 Å². The molecule has 17 heavy (non-hydrogen) atoms. The molecule has 0 aliphatic rings. The number of hydrogen-bond acceptors (Lipinski definition) is 2. The normalized spacial score (nSPS) is 12.7. The highest BCUT2D eigenvalue weighted by Gasteiger charge is 2.17. The van der Waals surface area contributed by atoms with Crippen LogP contribution >= 0.6 is 0 Å². The van der Waals surface area contributed by atoms with Crippen molar-refractivity contribution in [1.82, 2.24) is 4.90 Å². The van der Waals surface area contributed by atoms with Gasteiger partial charge >= 0.3 is 5.97 Å². The second-order valence-corrected chi connectivity index (χ2v) is 4.45. The molecule has 0 radical (unpaired) electrons. The number of benzene rings is 1. The van der Waals surface area contributed by atoms with Gasteiger partial charge in [-0.05, 0) is 32.4 Å². The molecule has 1 aromatic rings. The van der Waals surface area contributed by atoms with Crippen molar-refractivity contribution in [2.24, 2.45) is 0 Å². The summed E-state index contributed by atoms with van der Waals surface area (Å²) in [5.74, 6) is -0.766. The maximum Gasteiger partial charge on any atom is 0.317 e.